The summed E-state index contributed by atoms with van der Waals surface area (Å²) in [6, 6.07) is 8.91. The first-order valence-corrected chi connectivity index (χ1v) is 8.73. The molecule has 1 N–H and O–H groups in total. The number of aromatic nitrogens is 1. The van der Waals surface area contributed by atoms with Crippen molar-refractivity contribution < 1.29 is 19.1 Å². The molecular formula is C19H17NO4S. The Kier molecular flexibility index (Phi) is 4.81. The summed E-state index contributed by atoms with van der Waals surface area (Å²) in [5, 5.41) is 0.829. The predicted molar refractivity (Wildman–Crippen MR) is 96.6 cm³/mol. The van der Waals surface area contributed by atoms with Gasteiger partial charge in [0.15, 0.2) is 12.4 Å². The number of aromatic amines is 1. The van der Waals surface area contributed by atoms with Gasteiger partial charge in [0.1, 0.15) is 4.88 Å². The Bertz CT molecular complexity index is 967. The highest BCUT2D eigenvalue weighted by Crippen LogP contribution is 2.23. The molecule has 0 unspecified atom stereocenters. The van der Waals surface area contributed by atoms with E-state index >= 15 is 0 Å². The van der Waals surface area contributed by atoms with Crippen molar-refractivity contribution in [1.82, 2.24) is 4.98 Å². The molecule has 0 spiro atoms. The van der Waals surface area contributed by atoms with E-state index < -0.39 is 5.97 Å². The molecule has 6 heteroatoms. The van der Waals surface area contributed by atoms with Crippen LogP contribution in [0, 0.1) is 0 Å². The van der Waals surface area contributed by atoms with Crippen LogP contribution < -0.4 is 0 Å². The van der Waals surface area contributed by atoms with Crippen molar-refractivity contribution in [1.29, 1.82) is 0 Å². The minimum Gasteiger partial charge on any atom is -0.453 e. The molecule has 5 nitrogen and oxygen atoms in total. The summed E-state index contributed by atoms with van der Waals surface area (Å²) in [6.07, 6.45) is 2.51. The van der Waals surface area contributed by atoms with Gasteiger partial charge in [0, 0.05) is 22.7 Å². The van der Waals surface area contributed by atoms with Crippen LogP contribution in [0.3, 0.4) is 0 Å². The fourth-order valence-electron chi connectivity index (χ4n) is 2.66. The summed E-state index contributed by atoms with van der Waals surface area (Å²) in [4.78, 5) is 39.7. The standard InChI is InChI=1S/C19H17NO4S/c1-3-12-5-4-6-13-14(9-20-18(12)13)15(22)10-24-19(23)17-8-7-16(25-17)11(2)21/h4-9,20H,3,10H2,1-2H3. The number of ketones is 2. The van der Waals surface area contributed by atoms with E-state index in [1.165, 1.54) is 13.0 Å². The second-order valence-corrected chi connectivity index (χ2v) is 6.70. The third kappa shape index (κ3) is 3.39. The SMILES string of the molecule is CCc1cccc2c(C(=O)COC(=O)c3ccc(C(C)=O)s3)c[nH]c12. The van der Waals surface area contributed by atoms with Gasteiger partial charge in [-0.15, -0.1) is 11.3 Å². The number of aryl methyl sites for hydroxylation is 1. The lowest BCUT2D eigenvalue weighted by molar-refractivity contribution is 0.0480. The Balaban J connectivity index is 1.72. The predicted octanol–water partition coefficient (Wildman–Crippen LogP) is 4.03. The quantitative estimate of drug-likeness (QED) is 0.535. The molecule has 0 saturated carbocycles. The van der Waals surface area contributed by atoms with E-state index in [9.17, 15) is 14.4 Å². The number of Topliss-reactive ketones (excluding diaryl/α,β-unsaturated/α-hetero) is 2. The van der Waals surface area contributed by atoms with Crippen molar-refractivity contribution in [3.63, 3.8) is 0 Å². The molecule has 0 amide bonds. The summed E-state index contributed by atoms with van der Waals surface area (Å²) in [7, 11) is 0. The molecule has 0 aliphatic carbocycles. The smallest absolute Gasteiger partial charge is 0.348 e. The topological polar surface area (TPSA) is 76.2 Å². The van der Waals surface area contributed by atoms with Crippen LogP contribution in [0.5, 0.6) is 0 Å². The maximum Gasteiger partial charge on any atom is 0.348 e. The molecule has 0 radical (unpaired) electrons. The lowest BCUT2D eigenvalue weighted by Crippen LogP contribution is -2.13. The molecule has 3 rings (SSSR count). The molecule has 3 aromatic rings. The van der Waals surface area contributed by atoms with Gasteiger partial charge < -0.3 is 9.72 Å². The van der Waals surface area contributed by atoms with Crippen molar-refractivity contribution in [2.75, 3.05) is 6.61 Å². The van der Waals surface area contributed by atoms with Gasteiger partial charge in [-0.1, -0.05) is 25.1 Å². The number of H-pyrrole nitrogens is 1. The highest BCUT2D eigenvalue weighted by atomic mass is 32.1. The highest BCUT2D eigenvalue weighted by Gasteiger charge is 2.17. The molecule has 1 aromatic carbocycles. The molecule has 0 atom stereocenters. The first-order valence-electron chi connectivity index (χ1n) is 7.91. The van der Waals surface area contributed by atoms with E-state index in [2.05, 4.69) is 11.9 Å². The molecule has 0 aliphatic heterocycles. The number of nitrogens with one attached hydrogen (secondary N) is 1. The number of ether oxygens (including phenoxy) is 1. The van der Waals surface area contributed by atoms with Crippen molar-refractivity contribution >= 4 is 39.8 Å². The second kappa shape index (κ2) is 7.03. The van der Waals surface area contributed by atoms with Crippen LogP contribution in [0.4, 0.5) is 0 Å². The third-order valence-corrected chi connectivity index (χ3v) is 5.14. The maximum absolute atomic E-state index is 12.4. The Morgan fingerprint density at radius 3 is 2.56 bits per heavy atom. The zero-order chi connectivity index (χ0) is 18.0. The Hall–Kier alpha value is -2.73. The molecule has 0 bridgehead atoms. The summed E-state index contributed by atoms with van der Waals surface area (Å²) in [5.41, 5.74) is 2.57. The normalized spacial score (nSPS) is 10.8. The molecular weight excluding hydrogens is 338 g/mol. The van der Waals surface area contributed by atoms with Crippen LogP contribution in [-0.2, 0) is 11.2 Å². The number of hydrogen-bond donors (Lipinski definition) is 1. The lowest BCUT2D eigenvalue weighted by atomic mass is 10.1. The lowest BCUT2D eigenvalue weighted by Gasteiger charge is -2.03. The summed E-state index contributed by atoms with van der Waals surface area (Å²) < 4.78 is 5.11. The summed E-state index contributed by atoms with van der Waals surface area (Å²) in [6.45, 7) is 3.15. The minimum atomic E-state index is -0.597. The van der Waals surface area contributed by atoms with Gasteiger partial charge in [-0.3, -0.25) is 9.59 Å². The van der Waals surface area contributed by atoms with Gasteiger partial charge in [-0.05, 0) is 31.0 Å². The fourth-order valence-corrected chi connectivity index (χ4v) is 3.45. The Morgan fingerprint density at radius 2 is 1.88 bits per heavy atom. The van der Waals surface area contributed by atoms with Gasteiger partial charge in [-0.2, -0.15) is 0 Å². The van der Waals surface area contributed by atoms with Crippen molar-refractivity contribution in [3.05, 3.63) is 57.4 Å². The molecule has 128 valence electrons. The Labute approximate surface area is 148 Å². The van der Waals surface area contributed by atoms with Crippen molar-refractivity contribution in [2.24, 2.45) is 0 Å². The summed E-state index contributed by atoms with van der Waals surface area (Å²) in [5.74, 6) is -0.971. The molecule has 2 heterocycles. The number of esters is 1. The van der Waals surface area contributed by atoms with Gasteiger partial charge >= 0.3 is 5.97 Å². The monoisotopic (exact) mass is 355 g/mol. The maximum atomic E-state index is 12.4. The Morgan fingerprint density at radius 1 is 1.12 bits per heavy atom. The van der Waals surface area contributed by atoms with Gasteiger partial charge in [-0.25, -0.2) is 4.79 Å². The average molecular weight is 355 g/mol. The number of hydrogen-bond acceptors (Lipinski definition) is 5. The van der Waals surface area contributed by atoms with E-state index in [4.69, 9.17) is 4.74 Å². The van der Waals surface area contributed by atoms with Crippen LogP contribution in [0.25, 0.3) is 10.9 Å². The third-order valence-electron chi connectivity index (χ3n) is 3.97. The zero-order valence-electron chi connectivity index (χ0n) is 13.9. The number of carbonyl (C=O) groups excluding carboxylic acids is 3. The van der Waals surface area contributed by atoms with Crippen LogP contribution in [0.2, 0.25) is 0 Å². The van der Waals surface area contributed by atoms with Crippen LogP contribution in [0.1, 0.15) is 49.1 Å². The van der Waals surface area contributed by atoms with Crippen LogP contribution in [-0.4, -0.2) is 29.1 Å². The molecule has 0 saturated heterocycles. The largest absolute Gasteiger partial charge is 0.453 e. The number of carbonyl (C=O) groups is 3. The number of thiophene rings is 1. The summed E-state index contributed by atoms with van der Waals surface area (Å²) >= 11 is 1.06. The first kappa shape index (κ1) is 17.1. The second-order valence-electron chi connectivity index (χ2n) is 5.61. The van der Waals surface area contributed by atoms with E-state index in [-0.39, 0.29) is 18.2 Å². The highest BCUT2D eigenvalue weighted by molar-refractivity contribution is 7.15. The molecule has 25 heavy (non-hydrogen) atoms. The van der Waals surface area contributed by atoms with Gasteiger partial charge in [0.2, 0.25) is 5.78 Å². The number of benzene rings is 1. The zero-order valence-corrected chi connectivity index (χ0v) is 14.7. The number of rotatable bonds is 6. The number of fused-ring (bicyclic) bond motifs is 1. The van der Waals surface area contributed by atoms with Gasteiger partial charge in [0.25, 0.3) is 0 Å². The molecule has 0 aliphatic rings. The van der Waals surface area contributed by atoms with E-state index in [0.29, 0.717) is 15.3 Å². The van der Waals surface area contributed by atoms with Gasteiger partial charge in [0.05, 0.1) is 4.88 Å². The van der Waals surface area contributed by atoms with E-state index in [1.54, 1.807) is 12.3 Å². The van der Waals surface area contributed by atoms with Crippen molar-refractivity contribution in [2.45, 2.75) is 20.3 Å². The van der Waals surface area contributed by atoms with Crippen molar-refractivity contribution in [3.8, 4) is 0 Å². The minimum absolute atomic E-state index is 0.106. The molecule has 0 fully saturated rings. The average Bonchev–Trinajstić information content (AvgIpc) is 3.26. The van der Waals surface area contributed by atoms with Crippen LogP contribution >= 0.6 is 11.3 Å². The van der Waals surface area contributed by atoms with E-state index in [1.807, 2.05) is 18.2 Å². The molecule has 2 aromatic heterocycles. The number of para-hydroxylation sites is 1. The van der Waals surface area contributed by atoms with Crippen LogP contribution in [0.15, 0.2) is 36.5 Å². The van der Waals surface area contributed by atoms with E-state index in [0.717, 1.165) is 34.2 Å². The fraction of sp³-hybridized carbons (Fsp3) is 0.211. The first-order chi connectivity index (χ1) is 12.0.